The lowest BCUT2D eigenvalue weighted by atomic mass is 10.2. The molecular formula is C11H11N3O3S. The van der Waals surface area contributed by atoms with E-state index in [9.17, 15) is 8.42 Å². The lowest BCUT2D eigenvalue weighted by Crippen LogP contribution is -2.12. The SMILES string of the molecule is O=S(=O)(Nc1cnoc1)c1ccc2c(c1)CCN2. The molecule has 2 heterocycles. The van der Waals surface area contributed by atoms with Gasteiger partial charge in [-0.15, -0.1) is 0 Å². The molecule has 0 saturated carbocycles. The Morgan fingerprint density at radius 3 is 3.06 bits per heavy atom. The number of nitrogens with one attached hydrogen (secondary N) is 2. The highest BCUT2D eigenvalue weighted by Crippen LogP contribution is 2.26. The molecule has 2 aromatic rings. The van der Waals surface area contributed by atoms with E-state index in [1.165, 1.54) is 12.5 Å². The smallest absolute Gasteiger partial charge is 0.262 e. The molecule has 0 spiro atoms. The van der Waals surface area contributed by atoms with Crippen molar-refractivity contribution in [2.24, 2.45) is 0 Å². The van der Waals surface area contributed by atoms with Gasteiger partial charge in [-0.25, -0.2) is 8.42 Å². The topological polar surface area (TPSA) is 84.2 Å². The van der Waals surface area contributed by atoms with Gasteiger partial charge in [0.15, 0.2) is 0 Å². The molecule has 7 heteroatoms. The summed E-state index contributed by atoms with van der Waals surface area (Å²) in [6.07, 6.45) is 3.39. The van der Waals surface area contributed by atoms with Crippen LogP contribution in [0.15, 0.2) is 40.1 Å². The number of fused-ring (bicyclic) bond motifs is 1. The van der Waals surface area contributed by atoms with Gasteiger partial charge in [0.2, 0.25) is 0 Å². The lowest BCUT2D eigenvalue weighted by molar-refractivity contribution is 0.420. The lowest BCUT2D eigenvalue weighted by Gasteiger charge is -2.07. The minimum absolute atomic E-state index is 0.242. The molecule has 0 amide bonds. The molecule has 0 bridgehead atoms. The summed E-state index contributed by atoms with van der Waals surface area (Å²) in [7, 11) is -3.58. The number of anilines is 2. The summed E-state index contributed by atoms with van der Waals surface area (Å²) in [5, 5.41) is 6.63. The molecule has 0 fully saturated rings. The maximum absolute atomic E-state index is 12.1. The van der Waals surface area contributed by atoms with Crippen molar-refractivity contribution in [1.82, 2.24) is 5.16 Å². The normalized spacial score (nSPS) is 14.0. The summed E-state index contributed by atoms with van der Waals surface area (Å²) < 4.78 is 31.2. The van der Waals surface area contributed by atoms with Crippen molar-refractivity contribution in [3.63, 3.8) is 0 Å². The van der Waals surface area contributed by atoms with E-state index in [0.29, 0.717) is 5.69 Å². The van der Waals surface area contributed by atoms with Crippen molar-refractivity contribution in [3.05, 3.63) is 36.2 Å². The van der Waals surface area contributed by atoms with E-state index in [2.05, 4.69) is 19.7 Å². The van der Waals surface area contributed by atoms with Gasteiger partial charge in [0.25, 0.3) is 10.0 Å². The van der Waals surface area contributed by atoms with Gasteiger partial charge >= 0.3 is 0 Å². The van der Waals surface area contributed by atoms with Crippen LogP contribution in [0, 0.1) is 0 Å². The van der Waals surface area contributed by atoms with E-state index in [4.69, 9.17) is 0 Å². The fraction of sp³-hybridized carbons (Fsp3) is 0.182. The minimum atomic E-state index is -3.58. The first-order chi connectivity index (χ1) is 8.65. The zero-order valence-electron chi connectivity index (χ0n) is 9.38. The Kier molecular flexibility index (Phi) is 2.48. The van der Waals surface area contributed by atoms with Crippen LogP contribution in [0.4, 0.5) is 11.4 Å². The van der Waals surface area contributed by atoms with E-state index in [-0.39, 0.29) is 4.90 Å². The number of hydrogen-bond donors (Lipinski definition) is 2. The van der Waals surface area contributed by atoms with Crippen LogP contribution in [-0.4, -0.2) is 20.1 Å². The van der Waals surface area contributed by atoms with Crippen molar-refractivity contribution in [1.29, 1.82) is 0 Å². The highest BCUT2D eigenvalue weighted by atomic mass is 32.2. The van der Waals surface area contributed by atoms with Gasteiger partial charge in [-0.05, 0) is 30.2 Å². The second kappa shape index (κ2) is 4.02. The molecule has 3 rings (SSSR count). The predicted molar refractivity (Wildman–Crippen MR) is 65.9 cm³/mol. The maximum atomic E-state index is 12.1. The van der Waals surface area contributed by atoms with Gasteiger partial charge in [-0.3, -0.25) is 4.72 Å². The summed E-state index contributed by atoms with van der Waals surface area (Å²) in [6, 6.07) is 5.04. The average Bonchev–Trinajstić information content (AvgIpc) is 2.97. The van der Waals surface area contributed by atoms with E-state index >= 15 is 0 Å². The summed E-state index contributed by atoms with van der Waals surface area (Å²) in [4.78, 5) is 0.242. The van der Waals surface area contributed by atoms with Crippen molar-refractivity contribution in [2.45, 2.75) is 11.3 Å². The van der Waals surface area contributed by atoms with Crippen molar-refractivity contribution < 1.29 is 12.9 Å². The quantitative estimate of drug-likeness (QED) is 0.877. The molecule has 18 heavy (non-hydrogen) atoms. The molecule has 2 N–H and O–H groups in total. The number of nitrogens with zero attached hydrogens (tertiary/aromatic N) is 1. The van der Waals surface area contributed by atoms with Crippen LogP contribution in [0.1, 0.15) is 5.56 Å². The molecule has 6 nitrogen and oxygen atoms in total. The third-order valence-electron chi connectivity index (χ3n) is 2.78. The number of rotatable bonds is 3. The van der Waals surface area contributed by atoms with Crippen LogP contribution < -0.4 is 10.0 Å². The van der Waals surface area contributed by atoms with Crippen LogP contribution in [0.5, 0.6) is 0 Å². The largest absolute Gasteiger partial charge is 0.384 e. The molecule has 1 aliphatic heterocycles. The number of sulfonamides is 1. The van der Waals surface area contributed by atoms with Gasteiger partial charge in [-0.1, -0.05) is 5.16 Å². The zero-order valence-corrected chi connectivity index (χ0v) is 10.2. The number of benzene rings is 1. The second-order valence-corrected chi connectivity index (χ2v) is 5.70. The predicted octanol–water partition coefficient (Wildman–Crippen LogP) is 1.44. The molecule has 0 atom stereocenters. The summed E-state index contributed by atoms with van der Waals surface area (Å²) in [5.74, 6) is 0. The average molecular weight is 265 g/mol. The van der Waals surface area contributed by atoms with Gasteiger partial charge in [0.1, 0.15) is 12.0 Å². The minimum Gasteiger partial charge on any atom is -0.384 e. The Bertz CT molecular complexity index is 665. The summed E-state index contributed by atoms with van der Waals surface area (Å²) in [6.45, 7) is 0.845. The van der Waals surface area contributed by atoms with E-state index in [1.54, 1.807) is 18.2 Å². The Hall–Kier alpha value is -2.02. The number of aromatic nitrogens is 1. The van der Waals surface area contributed by atoms with Gasteiger partial charge in [0, 0.05) is 12.2 Å². The number of hydrogen-bond acceptors (Lipinski definition) is 5. The molecule has 0 unspecified atom stereocenters. The van der Waals surface area contributed by atoms with Gasteiger partial charge in [-0.2, -0.15) is 0 Å². The van der Waals surface area contributed by atoms with Crippen LogP contribution in [0.2, 0.25) is 0 Å². The van der Waals surface area contributed by atoms with Gasteiger partial charge < -0.3 is 9.84 Å². The maximum Gasteiger partial charge on any atom is 0.262 e. The summed E-state index contributed by atoms with van der Waals surface area (Å²) in [5.41, 5.74) is 2.33. The Morgan fingerprint density at radius 1 is 1.39 bits per heavy atom. The van der Waals surface area contributed by atoms with Crippen LogP contribution in [0.25, 0.3) is 0 Å². The first kappa shape index (κ1) is 11.1. The van der Waals surface area contributed by atoms with Crippen LogP contribution in [0.3, 0.4) is 0 Å². The highest BCUT2D eigenvalue weighted by molar-refractivity contribution is 7.92. The fourth-order valence-corrected chi connectivity index (χ4v) is 2.99. The van der Waals surface area contributed by atoms with Crippen molar-refractivity contribution in [2.75, 3.05) is 16.6 Å². The molecule has 0 aliphatic carbocycles. The van der Waals surface area contributed by atoms with E-state index < -0.39 is 10.0 Å². The fourth-order valence-electron chi connectivity index (χ4n) is 1.92. The monoisotopic (exact) mass is 265 g/mol. The third-order valence-corrected chi connectivity index (χ3v) is 4.16. The summed E-state index contributed by atoms with van der Waals surface area (Å²) >= 11 is 0. The van der Waals surface area contributed by atoms with Crippen LogP contribution >= 0.6 is 0 Å². The zero-order chi connectivity index (χ0) is 12.6. The molecule has 1 aliphatic rings. The molecule has 1 aromatic heterocycles. The van der Waals surface area contributed by atoms with Crippen molar-refractivity contribution >= 4 is 21.4 Å². The third kappa shape index (κ3) is 1.92. The Balaban J connectivity index is 1.94. The first-order valence-electron chi connectivity index (χ1n) is 5.44. The molecular weight excluding hydrogens is 254 g/mol. The standard InChI is InChI=1S/C11H11N3O3S/c15-18(16,14-9-6-13-17-7-9)10-1-2-11-8(5-10)3-4-12-11/h1-2,5-7,12,14H,3-4H2. The van der Waals surface area contributed by atoms with E-state index in [1.807, 2.05) is 0 Å². The van der Waals surface area contributed by atoms with Gasteiger partial charge in [0.05, 0.1) is 11.1 Å². The molecule has 0 saturated heterocycles. The molecule has 94 valence electrons. The Labute approximate surface area is 104 Å². The van der Waals surface area contributed by atoms with Crippen LogP contribution in [-0.2, 0) is 16.4 Å². The second-order valence-electron chi connectivity index (χ2n) is 4.01. The van der Waals surface area contributed by atoms with E-state index in [0.717, 1.165) is 24.2 Å². The molecule has 1 aromatic carbocycles. The highest BCUT2D eigenvalue weighted by Gasteiger charge is 2.18. The Morgan fingerprint density at radius 2 is 2.28 bits per heavy atom. The van der Waals surface area contributed by atoms with Crippen molar-refractivity contribution in [3.8, 4) is 0 Å². The molecule has 0 radical (unpaired) electrons. The first-order valence-corrected chi connectivity index (χ1v) is 6.92.